The zero-order valence-corrected chi connectivity index (χ0v) is 9.70. The maximum atomic E-state index is 10.7. The number of carboxylic acid groups (broad SMARTS) is 1. The molecule has 16 heavy (non-hydrogen) atoms. The Morgan fingerprint density at radius 2 is 2.19 bits per heavy atom. The van der Waals surface area contributed by atoms with Crippen molar-refractivity contribution in [3.63, 3.8) is 0 Å². The molecule has 0 aromatic heterocycles. The number of hydrogen-bond acceptors (Lipinski definition) is 2. The number of aldehydes is 1. The van der Waals surface area contributed by atoms with Crippen LogP contribution in [0.2, 0.25) is 5.02 Å². The molecule has 0 aliphatic heterocycles. The zero-order chi connectivity index (χ0) is 12.1. The lowest BCUT2D eigenvalue weighted by atomic mass is 9.96. The summed E-state index contributed by atoms with van der Waals surface area (Å²) < 4.78 is 0. The van der Waals surface area contributed by atoms with Gasteiger partial charge in [-0.15, -0.1) is 0 Å². The SMILES string of the molecule is CC(C=O)Cc1ccc(Cl)cc1CC(=O)O. The van der Waals surface area contributed by atoms with Crippen LogP contribution in [-0.2, 0) is 22.4 Å². The summed E-state index contributed by atoms with van der Waals surface area (Å²) in [5.74, 6) is -1.02. The first-order valence-corrected chi connectivity index (χ1v) is 5.35. The molecule has 0 amide bonds. The number of carboxylic acids is 1. The van der Waals surface area contributed by atoms with E-state index in [1.54, 1.807) is 25.1 Å². The highest BCUT2D eigenvalue weighted by atomic mass is 35.5. The summed E-state index contributed by atoms with van der Waals surface area (Å²) >= 11 is 5.81. The molecule has 0 aliphatic rings. The van der Waals surface area contributed by atoms with Crippen LogP contribution in [0.1, 0.15) is 18.1 Å². The van der Waals surface area contributed by atoms with Crippen molar-refractivity contribution in [2.45, 2.75) is 19.8 Å². The smallest absolute Gasteiger partial charge is 0.307 e. The van der Waals surface area contributed by atoms with Crippen molar-refractivity contribution in [1.29, 1.82) is 0 Å². The van der Waals surface area contributed by atoms with Gasteiger partial charge in [-0.1, -0.05) is 24.6 Å². The van der Waals surface area contributed by atoms with Gasteiger partial charge in [0.25, 0.3) is 0 Å². The minimum Gasteiger partial charge on any atom is -0.481 e. The average molecular weight is 241 g/mol. The van der Waals surface area contributed by atoms with Crippen LogP contribution in [0.3, 0.4) is 0 Å². The maximum Gasteiger partial charge on any atom is 0.307 e. The number of halogens is 1. The summed E-state index contributed by atoms with van der Waals surface area (Å²) in [7, 11) is 0. The maximum absolute atomic E-state index is 10.7. The molecule has 3 nitrogen and oxygen atoms in total. The number of hydrogen-bond donors (Lipinski definition) is 1. The topological polar surface area (TPSA) is 54.4 Å². The van der Waals surface area contributed by atoms with Crippen LogP contribution in [-0.4, -0.2) is 17.4 Å². The van der Waals surface area contributed by atoms with Crippen molar-refractivity contribution in [1.82, 2.24) is 0 Å². The van der Waals surface area contributed by atoms with Gasteiger partial charge < -0.3 is 9.90 Å². The molecule has 0 aliphatic carbocycles. The molecule has 0 fully saturated rings. The van der Waals surface area contributed by atoms with Crippen LogP contribution in [0.4, 0.5) is 0 Å². The van der Waals surface area contributed by atoms with E-state index in [-0.39, 0.29) is 12.3 Å². The third-order valence-electron chi connectivity index (χ3n) is 2.28. The standard InChI is InChI=1S/C12H13ClO3/c1-8(7-14)4-9-2-3-11(13)5-10(9)6-12(15)16/h2-3,5,7-8H,4,6H2,1H3,(H,15,16). The van der Waals surface area contributed by atoms with Gasteiger partial charge in [0, 0.05) is 10.9 Å². The average Bonchev–Trinajstić information content (AvgIpc) is 2.21. The molecular weight excluding hydrogens is 228 g/mol. The molecule has 1 aromatic rings. The minimum absolute atomic E-state index is 0.0680. The molecule has 0 bridgehead atoms. The van der Waals surface area contributed by atoms with Crippen LogP contribution in [0, 0.1) is 5.92 Å². The molecule has 0 heterocycles. The van der Waals surface area contributed by atoms with E-state index in [0.717, 1.165) is 11.8 Å². The molecule has 86 valence electrons. The quantitative estimate of drug-likeness (QED) is 0.804. The highest BCUT2D eigenvalue weighted by molar-refractivity contribution is 6.30. The van der Waals surface area contributed by atoms with Gasteiger partial charge in [-0.25, -0.2) is 0 Å². The first kappa shape index (κ1) is 12.7. The lowest BCUT2D eigenvalue weighted by molar-refractivity contribution is -0.136. The van der Waals surface area contributed by atoms with Gasteiger partial charge in [0.05, 0.1) is 6.42 Å². The van der Waals surface area contributed by atoms with Gasteiger partial charge in [-0.3, -0.25) is 4.79 Å². The Bertz CT molecular complexity index is 401. The highest BCUT2D eigenvalue weighted by Crippen LogP contribution is 2.19. The van der Waals surface area contributed by atoms with Gasteiger partial charge in [0.2, 0.25) is 0 Å². The van der Waals surface area contributed by atoms with Crippen molar-refractivity contribution in [2.75, 3.05) is 0 Å². The largest absolute Gasteiger partial charge is 0.481 e. The number of rotatable bonds is 5. The molecule has 0 spiro atoms. The van der Waals surface area contributed by atoms with Gasteiger partial charge in [0.1, 0.15) is 6.29 Å². The van der Waals surface area contributed by atoms with Crippen LogP contribution in [0.15, 0.2) is 18.2 Å². The fraction of sp³-hybridized carbons (Fsp3) is 0.333. The summed E-state index contributed by atoms with van der Waals surface area (Å²) in [4.78, 5) is 21.2. The van der Waals surface area contributed by atoms with E-state index in [1.807, 2.05) is 0 Å². The number of carbonyl (C=O) groups excluding carboxylic acids is 1. The van der Waals surface area contributed by atoms with Gasteiger partial charge in [0.15, 0.2) is 0 Å². The summed E-state index contributed by atoms with van der Waals surface area (Å²) in [6.07, 6.45) is 1.34. The van der Waals surface area contributed by atoms with E-state index in [1.165, 1.54) is 0 Å². The van der Waals surface area contributed by atoms with Crippen LogP contribution < -0.4 is 0 Å². The van der Waals surface area contributed by atoms with Gasteiger partial charge in [-0.05, 0) is 29.7 Å². The van der Waals surface area contributed by atoms with E-state index in [0.29, 0.717) is 17.0 Å². The third kappa shape index (κ3) is 3.66. The van der Waals surface area contributed by atoms with Crippen molar-refractivity contribution in [3.05, 3.63) is 34.3 Å². The second kappa shape index (κ2) is 5.66. The summed E-state index contributed by atoms with van der Waals surface area (Å²) in [5, 5.41) is 9.27. The zero-order valence-electron chi connectivity index (χ0n) is 8.94. The van der Waals surface area contributed by atoms with Crippen molar-refractivity contribution in [3.8, 4) is 0 Å². The Labute approximate surface area is 99.0 Å². The minimum atomic E-state index is -0.901. The summed E-state index contributed by atoms with van der Waals surface area (Å²) in [5.41, 5.74) is 1.54. The molecule has 1 unspecified atom stereocenters. The molecule has 1 aromatic carbocycles. The van der Waals surface area contributed by atoms with Gasteiger partial charge >= 0.3 is 5.97 Å². The lowest BCUT2D eigenvalue weighted by Gasteiger charge is -2.09. The van der Waals surface area contributed by atoms with Crippen LogP contribution >= 0.6 is 11.6 Å². The van der Waals surface area contributed by atoms with Crippen molar-refractivity contribution in [2.24, 2.45) is 5.92 Å². The normalized spacial score (nSPS) is 12.1. The van der Waals surface area contributed by atoms with Crippen LogP contribution in [0.5, 0.6) is 0 Å². The highest BCUT2D eigenvalue weighted by Gasteiger charge is 2.10. The van der Waals surface area contributed by atoms with E-state index in [9.17, 15) is 9.59 Å². The molecule has 1 atom stereocenters. The Morgan fingerprint density at radius 3 is 2.75 bits per heavy atom. The van der Waals surface area contributed by atoms with E-state index >= 15 is 0 Å². The second-order valence-corrected chi connectivity index (χ2v) is 4.24. The summed E-state index contributed by atoms with van der Waals surface area (Å²) in [6, 6.07) is 5.13. The second-order valence-electron chi connectivity index (χ2n) is 3.80. The van der Waals surface area contributed by atoms with E-state index in [2.05, 4.69) is 0 Å². The first-order chi connectivity index (χ1) is 7.52. The third-order valence-corrected chi connectivity index (χ3v) is 2.52. The number of aliphatic carboxylic acids is 1. The van der Waals surface area contributed by atoms with Crippen molar-refractivity contribution < 1.29 is 14.7 Å². The molecule has 1 rings (SSSR count). The Balaban J connectivity index is 2.97. The Kier molecular flexibility index (Phi) is 4.50. The fourth-order valence-electron chi connectivity index (χ4n) is 1.52. The lowest BCUT2D eigenvalue weighted by Crippen LogP contribution is -2.07. The number of benzene rings is 1. The summed E-state index contributed by atoms with van der Waals surface area (Å²) in [6.45, 7) is 1.80. The monoisotopic (exact) mass is 240 g/mol. The molecule has 0 radical (unpaired) electrons. The van der Waals surface area contributed by atoms with Crippen LogP contribution in [0.25, 0.3) is 0 Å². The first-order valence-electron chi connectivity index (χ1n) is 4.97. The predicted molar refractivity (Wildman–Crippen MR) is 61.7 cm³/mol. The Hall–Kier alpha value is -1.35. The molecule has 0 saturated carbocycles. The Morgan fingerprint density at radius 1 is 1.50 bits per heavy atom. The molecule has 1 N–H and O–H groups in total. The molecular formula is C12H13ClO3. The predicted octanol–water partition coefficient (Wildman–Crippen LogP) is 2.34. The van der Waals surface area contributed by atoms with E-state index in [4.69, 9.17) is 16.7 Å². The molecule has 4 heteroatoms. The van der Waals surface area contributed by atoms with E-state index < -0.39 is 5.97 Å². The van der Waals surface area contributed by atoms with Crippen molar-refractivity contribution >= 4 is 23.9 Å². The van der Waals surface area contributed by atoms with Gasteiger partial charge in [-0.2, -0.15) is 0 Å². The fourth-order valence-corrected chi connectivity index (χ4v) is 1.71. The molecule has 0 saturated heterocycles. The number of carbonyl (C=O) groups is 2.